The normalized spacial score (nSPS) is 10.5. The summed E-state index contributed by atoms with van der Waals surface area (Å²) in [5.74, 6) is -0.345. The Hall–Kier alpha value is -2.93. The molecule has 3 aromatic rings. The lowest BCUT2D eigenvalue weighted by atomic mass is 10.2. The van der Waals surface area contributed by atoms with E-state index in [4.69, 9.17) is 16.3 Å². The molecule has 0 saturated heterocycles. The topological polar surface area (TPSA) is 81.9 Å². The van der Waals surface area contributed by atoms with E-state index in [1.54, 1.807) is 29.3 Å². The van der Waals surface area contributed by atoms with Crippen LogP contribution in [-0.4, -0.2) is 32.8 Å². The molecule has 0 fully saturated rings. The Morgan fingerprint density at radius 3 is 2.88 bits per heavy atom. The summed E-state index contributed by atoms with van der Waals surface area (Å²) in [5.41, 5.74) is 3.15. The van der Waals surface area contributed by atoms with Gasteiger partial charge in [-0.05, 0) is 24.3 Å². The molecule has 0 aliphatic rings. The fourth-order valence-electron chi connectivity index (χ4n) is 2.25. The van der Waals surface area contributed by atoms with Crippen LogP contribution in [0.2, 0.25) is 5.15 Å². The number of hydrogen-bond donors (Lipinski definition) is 1. The summed E-state index contributed by atoms with van der Waals surface area (Å²) < 4.78 is 6.42. The van der Waals surface area contributed by atoms with Crippen LogP contribution in [0.5, 0.6) is 0 Å². The Morgan fingerprint density at radius 1 is 1.32 bits per heavy atom. The van der Waals surface area contributed by atoms with Crippen LogP contribution in [0.15, 0.2) is 49.1 Å². The number of esters is 1. The molecule has 0 radical (unpaired) electrons. The minimum Gasteiger partial charge on any atom is -0.469 e. The highest BCUT2D eigenvalue weighted by Crippen LogP contribution is 2.16. The third kappa shape index (κ3) is 4.33. The van der Waals surface area contributed by atoms with Crippen molar-refractivity contribution in [3.05, 3.63) is 65.5 Å². The zero-order chi connectivity index (χ0) is 17.6. The Kier molecular flexibility index (Phi) is 5.25. The van der Waals surface area contributed by atoms with Gasteiger partial charge in [0.1, 0.15) is 5.15 Å². The van der Waals surface area contributed by atoms with Crippen molar-refractivity contribution < 1.29 is 9.53 Å². The highest BCUT2D eigenvalue weighted by atomic mass is 35.5. The molecule has 0 bridgehead atoms. The molecule has 8 heteroatoms. The maximum absolute atomic E-state index is 11.7. The predicted molar refractivity (Wildman–Crippen MR) is 93.7 cm³/mol. The third-order valence-corrected chi connectivity index (χ3v) is 3.76. The Balaban J connectivity index is 1.85. The average Bonchev–Trinajstić information content (AvgIpc) is 3.04. The lowest BCUT2D eigenvalue weighted by Crippen LogP contribution is -2.09. The van der Waals surface area contributed by atoms with Crippen molar-refractivity contribution in [3.8, 4) is 5.69 Å². The number of nitrogens with zero attached hydrogens (tertiary/aromatic N) is 4. The minimum absolute atomic E-state index is 0.0918. The van der Waals surface area contributed by atoms with Crippen LogP contribution in [0.1, 0.15) is 11.3 Å². The molecule has 25 heavy (non-hydrogen) atoms. The van der Waals surface area contributed by atoms with Crippen molar-refractivity contribution in [1.29, 1.82) is 0 Å². The Bertz CT molecular complexity index is 849. The first-order chi connectivity index (χ1) is 12.2. The molecule has 3 rings (SSSR count). The first-order valence-corrected chi connectivity index (χ1v) is 7.93. The molecule has 1 N–H and O–H groups in total. The number of methoxy groups -OCH3 is 1. The molecule has 0 aliphatic carbocycles. The summed E-state index contributed by atoms with van der Waals surface area (Å²) in [6, 6.07) is 7.26. The molecular formula is C17H16ClN5O2. The molecule has 0 saturated carbocycles. The standard InChI is InChI=1S/C17H16ClN5O2/c1-25-17(24)7-15-12(8-20-13-3-2-6-19-9-13)11-23(22-15)14-4-5-16(18)21-10-14/h2-6,9-11,20H,7-8H2,1H3. The van der Waals surface area contributed by atoms with Gasteiger partial charge in [0.15, 0.2) is 0 Å². The summed E-state index contributed by atoms with van der Waals surface area (Å²) >= 11 is 5.82. The van der Waals surface area contributed by atoms with E-state index < -0.39 is 0 Å². The minimum atomic E-state index is -0.345. The van der Waals surface area contributed by atoms with Crippen LogP contribution in [0.3, 0.4) is 0 Å². The van der Waals surface area contributed by atoms with E-state index in [0.717, 1.165) is 16.9 Å². The van der Waals surface area contributed by atoms with E-state index in [-0.39, 0.29) is 12.4 Å². The molecule has 0 aliphatic heterocycles. The van der Waals surface area contributed by atoms with Gasteiger partial charge < -0.3 is 10.1 Å². The number of anilines is 1. The predicted octanol–water partition coefficient (Wildman–Crippen LogP) is 2.64. The van der Waals surface area contributed by atoms with Gasteiger partial charge in [0.05, 0.1) is 36.8 Å². The van der Waals surface area contributed by atoms with E-state index >= 15 is 0 Å². The van der Waals surface area contributed by atoms with Crippen LogP contribution >= 0.6 is 11.6 Å². The van der Waals surface area contributed by atoms with Gasteiger partial charge in [-0.15, -0.1) is 0 Å². The summed E-state index contributed by atoms with van der Waals surface area (Å²) in [4.78, 5) is 19.8. The average molecular weight is 358 g/mol. The van der Waals surface area contributed by atoms with E-state index in [2.05, 4.69) is 20.4 Å². The molecule has 7 nitrogen and oxygen atoms in total. The van der Waals surface area contributed by atoms with E-state index in [1.807, 2.05) is 24.4 Å². The van der Waals surface area contributed by atoms with Crippen molar-refractivity contribution in [3.63, 3.8) is 0 Å². The van der Waals surface area contributed by atoms with Crippen molar-refractivity contribution >= 4 is 23.3 Å². The van der Waals surface area contributed by atoms with Crippen molar-refractivity contribution in [2.75, 3.05) is 12.4 Å². The lowest BCUT2D eigenvalue weighted by Gasteiger charge is -2.05. The molecular weight excluding hydrogens is 342 g/mol. The quantitative estimate of drug-likeness (QED) is 0.539. The van der Waals surface area contributed by atoms with Gasteiger partial charge in [-0.3, -0.25) is 9.78 Å². The second-order valence-electron chi connectivity index (χ2n) is 5.23. The molecule has 3 aromatic heterocycles. The SMILES string of the molecule is COC(=O)Cc1nn(-c2ccc(Cl)nc2)cc1CNc1cccnc1. The Morgan fingerprint density at radius 2 is 2.20 bits per heavy atom. The second kappa shape index (κ2) is 7.76. The third-order valence-electron chi connectivity index (χ3n) is 3.54. The molecule has 0 spiro atoms. The number of halogens is 1. The fraction of sp³-hybridized carbons (Fsp3) is 0.176. The highest BCUT2D eigenvalue weighted by Gasteiger charge is 2.14. The van der Waals surface area contributed by atoms with Crippen LogP contribution in [0.4, 0.5) is 5.69 Å². The monoisotopic (exact) mass is 357 g/mol. The zero-order valence-corrected chi connectivity index (χ0v) is 14.3. The number of rotatable bonds is 6. The van der Waals surface area contributed by atoms with Gasteiger partial charge >= 0.3 is 5.97 Å². The van der Waals surface area contributed by atoms with Crippen LogP contribution in [-0.2, 0) is 22.5 Å². The molecule has 0 aromatic carbocycles. The number of carbonyl (C=O) groups is 1. The van der Waals surface area contributed by atoms with Gasteiger partial charge in [-0.1, -0.05) is 11.6 Å². The molecule has 128 valence electrons. The number of aromatic nitrogens is 4. The second-order valence-corrected chi connectivity index (χ2v) is 5.62. The largest absolute Gasteiger partial charge is 0.469 e. The van der Waals surface area contributed by atoms with Crippen LogP contribution < -0.4 is 5.32 Å². The molecule has 3 heterocycles. The van der Waals surface area contributed by atoms with Gasteiger partial charge in [0.25, 0.3) is 0 Å². The van der Waals surface area contributed by atoms with Crippen molar-refractivity contribution in [1.82, 2.24) is 19.7 Å². The van der Waals surface area contributed by atoms with Crippen LogP contribution in [0, 0.1) is 0 Å². The fourth-order valence-corrected chi connectivity index (χ4v) is 2.36. The number of nitrogens with one attached hydrogen (secondary N) is 1. The number of pyridine rings is 2. The first-order valence-electron chi connectivity index (χ1n) is 7.56. The number of hydrogen-bond acceptors (Lipinski definition) is 6. The smallest absolute Gasteiger partial charge is 0.311 e. The summed E-state index contributed by atoms with van der Waals surface area (Å²) in [7, 11) is 1.36. The summed E-state index contributed by atoms with van der Waals surface area (Å²) in [5, 5.41) is 8.16. The summed E-state index contributed by atoms with van der Waals surface area (Å²) in [6.07, 6.45) is 7.00. The van der Waals surface area contributed by atoms with E-state index in [0.29, 0.717) is 17.4 Å². The van der Waals surface area contributed by atoms with Gasteiger partial charge in [0.2, 0.25) is 0 Å². The zero-order valence-electron chi connectivity index (χ0n) is 13.5. The lowest BCUT2D eigenvalue weighted by molar-refractivity contribution is -0.139. The molecule has 0 atom stereocenters. The maximum atomic E-state index is 11.7. The van der Waals surface area contributed by atoms with Gasteiger partial charge in [-0.2, -0.15) is 5.10 Å². The number of carbonyl (C=O) groups excluding carboxylic acids is 1. The van der Waals surface area contributed by atoms with Crippen molar-refractivity contribution in [2.45, 2.75) is 13.0 Å². The van der Waals surface area contributed by atoms with Gasteiger partial charge in [0, 0.05) is 30.7 Å². The van der Waals surface area contributed by atoms with Crippen molar-refractivity contribution in [2.24, 2.45) is 0 Å². The highest BCUT2D eigenvalue weighted by molar-refractivity contribution is 6.29. The molecule has 0 unspecified atom stereocenters. The number of ether oxygens (including phenoxy) is 1. The van der Waals surface area contributed by atoms with Crippen LogP contribution in [0.25, 0.3) is 5.69 Å². The van der Waals surface area contributed by atoms with Gasteiger partial charge in [-0.25, -0.2) is 9.67 Å². The molecule has 0 amide bonds. The van der Waals surface area contributed by atoms with E-state index in [9.17, 15) is 4.79 Å². The maximum Gasteiger partial charge on any atom is 0.311 e. The summed E-state index contributed by atoms with van der Waals surface area (Å²) in [6.45, 7) is 0.499. The van der Waals surface area contributed by atoms with E-state index in [1.165, 1.54) is 7.11 Å². The Labute approximate surface area is 149 Å². The first kappa shape index (κ1) is 16.9.